The molecular weight excluding hydrogens is 344 g/mol. The van der Waals surface area contributed by atoms with Crippen molar-refractivity contribution < 1.29 is 14.3 Å². The predicted octanol–water partition coefficient (Wildman–Crippen LogP) is 3.36. The van der Waals surface area contributed by atoms with Gasteiger partial charge < -0.3 is 9.47 Å². The number of fused-ring (bicyclic) bond motifs is 3. The third-order valence-corrected chi connectivity index (χ3v) is 4.43. The van der Waals surface area contributed by atoms with Crippen LogP contribution in [0.5, 0.6) is 5.75 Å². The van der Waals surface area contributed by atoms with Crippen molar-refractivity contribution in [1.82, 2.24) is 19.6 Å². The molecule has 27 heavy (non-hydrogen) atoms. The zero-order valence-corrected chi connectivity index (χ0v) is 15.5. The predicted molar refractivity (Wildman–Crippen MR) is 101 cm³/mol. The number of pyridine rings is 1. The zero-order chi connectivity index (χ0) is 19.1. The summed E-state index contributed by atoms with van der Waals surface area (Å²) in [5.41, 5.74) is 4.71. The molecule has 0 radical (unpaired) electrons. The van der Waals surface area contributed by atoms with E-state index >= 15 is 0 Å². The quantitative estimate of drug-likeness (QED) is 0.520. The van der Waals surface area contributed by atoms with Crippen LogP contribution in [0.25, 0.3) is 27.9 Å². The van der Waals surface area contributed by atoms with Gasteiger partial charge in [-0.3, -0.25) is 0 Å². The molecule has 7 nitrogen and oxygen atoms in total. The van der Waals surface area contributed by atoms with E-state index in [1.807, 2.05) is 44.2 Å². The molecule has 0 saturated heterocycles. The van der Waals surface area contributed by atoms with Gasteiger partial charge in [0.25, 0.3) is 0 Å². The van der Waals surface area contributed by atoms with Crippen molar-refractivity contribution in [2.24, 2.45) is 0 Å². The lowest BCUT2D eigenvalue weighted by Crippen LogP contribution is -2.10. The van der Waals surface area contributed by atoms with Gasteiger partial charge >= 0.3 is 5.97 Å². The van der Waals surface area contributed by atoms with Crippen molar-refractivity contribution in [2.75, 3.05) is 14.2 Å². The maximum atomic E-state index is 12.4. The number of esters is 1. The first-order valence-electron chi connectivity index (χ1n) is 8.42. The van der Waals surface area contributed by atoms with Crippen molar-refractivity contribution >= 4 is 22.6 Å². The lowest BCUT2D eigenvalue weighted by atomic mass is 10.1. The van der Waals surface area contributed by atoms with Crippen LogP contribution in [0.4, 0.5) is 0 Å². The largest absolute Gasteiger partial charge is 0.497 e. The summed E-state index contributed by atoms with van der Waals surface area (Å²) in [7, 11) is 2.95. The Kier molecular flexibility index (Phi) is 3.99. The highest BCUT2D eigenvalue weighted by molar-refractivity contribution is 5.97. The van der Waals surface area contributed by atoms with E-state index in [2.05, 4.69) is 10.1 Å². The van der Waals surface area contributed by atoms with Crippen LogP contribution < -0.4 is 4.74 Å². The first kappa shape index (κ1) is 17.0. The molecule has 0 aliphatic rings. The molecule has 0 aliphatic carbocycles. The van der Waals surface area contributed by atoms with Crippen LogP contribution in [0.2, 0.25) is 0 Å². The molecule has 3 heterocycles. The molecule has 0 amide bonds. The van der Waals surface area contributed by atoms with Gasteiger partial charge in [-0.2, -0.15) is 0 Å². The maximum Gasteiger partial charge on any atom is 0.356 e. The molecule has 136 valence electrons. The Labute approximate surface area is 155 Å². The first-order valence-corrected chi connectivity index (χ1v) is 8.42. The maximum absolute atomic E-state index is 12.4. The summed E-state index contributed by atoms with van der Waals surface area (Å²) >= 11 is 0. The molecule has 0 bridgehead atoms. The van der Waals surface area contributed by atoms with Crippen LogP contribution >= 0.6 is 0 Å². The molecule has 0 saturated carbocycles. The number of carbonyl (C=O) groups excluding carboxylic acids is 1. The molecule has 0 unspecified atom stereocenters. The van der Waals surface area contributed by atoms with Gasteiger partial charge in [-0.15, -0.1) is 5.10 Å². The Morgan fingerprint density at radius 3 is 2.63 bits per heavy atom. The Bertz CT molecular complexity index is 1200. The summed E-state index contributed by atoms with van der Waals surface area (Å²) in [4.78, 5) is 21.7. The van der Waals surface area contributed by atoms with E-state index in [1.54, 1.807) is 13.2 Å². The van der Waals surface area contributed by atoms with Crippen LogP contribution in [0, 0.1) is 13.8 Å². The molecule has 0 atom stereocenters. The van der Waals surface area contributed by atoms with Gasteiger partial charge in [0.1, 0.15) is 5.75 Å². The van der Waals surface area contributed by atoms with Crippen molar-refractivity contribution in [3.63, 3.8) is 0 Å². The second-order valence-electron chi connectivity index (χ2n) is 6.26. The summed E-state index contributed by atoms with van der Waals surface area (Å²) in [6, 6.07) is 11.2. The minimum absolute atomic E-state index is 0.287. The minimum atomic E-state index is -0.492. The fourth-order valence-electron chi connectivity index (χ4n) is 3.20. The van der Waals surface area contributed by atoms with Crippen molar-refractivity contribution in [1.29, 1.82) is 0 Å². The topological polar surface area (TPSA) is 78.6 Å². The lowest BCUT2D eigenvalue weighted by molar-refractivity contribution is 0.0591. The molecule has 4 aromatic rings. The second kappa shape index (κ2) is 6.35. The fraction of sp³-hybridized carbons (Fsp3) is 0.200. The molecular formula is C20H18N4O3. The molecule has 0 spiro atoms. The van der Waals surface area contributed by atoms with Gasteiger partial charge in [0.15, 0.2) is 17.0 Å². The van der Waals surface area contributed by atoms with Crippen LogP contribution in [-0.4, -0.2) is 39.8 Å². The first-order chi connectivity index (χ1) is 13.0. The summed E-state index contributed by atoms with van der Waals surface area (Å²) in [6.45, 7) is 3.89. The molecule has 3 aromatic heterocycles. The molecule has 4 rings (SSSR count). The van der Waals surface area contributed by atoms with Crippen LogP contribution in [0.1, 0.15) is 21.7 Å². The van der Waals surface area contributed by atoms with Crippen LogP contribution in [0.3, 0.4) is 0 Å². The number of rotatable bonds is 3. The second-order valence-corrected chi connectivity index (χ2v) is 6.26. The average Bonchev–Trinajstić information content (AvgIpc) is 3.04. The number of ether oxygens (including phenoxy) is 2. The summed E-state index contributed by atoms with van der Waals surface area (Å²) in [5, 5.41) is 5.31. The van der Waals surface area contributed by atoms with Gasteiger partial charge in [0.05, 0.1) is 25.3 Å². The number of aromatic nitrogens is 4. The normalized spacial score (nSPS) is 11.1. The number of methoxy groups -OCH3 is 2. The summed E-state index contributed by atoms with van der Waals surface area (Å²) in [5.74, 6) is 0.217. The monoisotopic (exact) mass is 362 g/mol. The van der Waals surface area contributed by atoms with Gasteiger partial charge in [0, 0.05) is 11.3 Å². The highest BCUT2D eigenvalue weighted by atomic mass is 16.5. The number of benzene rings is 1. The van der Waals surface area contributed by atoms with E-state index in [0.717, 1.165) is 22.2 Å². The van der Waals surface area contributed by atoms with E-state index in [1.165, 1.54) is 11.6 Å². The van der Waals surface area contributed by atoms with E-state index in [0.29, 0.717) is 22.7 Å². The smallest absolute Gasteiger partial charge is 0.356 e. The highest BCUT2D eigenvalue weighted by Crippen LogP contribution is 2.28. The van der Waals surface area contributed by atoms with Crippen LogP contribution in [-0.2, 0) is 4.74 Å². The highest BCUT2D eigenvalue weighted by Gasteiger charge is 2.20. The van der Waals surface area contributed by atoms with Gasteiger partial charge in [0.2, 0.25) is 0 Å². The van der Waals surface area contributed by atoms with E-state index in [-0.39, 0.29) is 5.69 Å². The standard InChI is InChI=1S/C20H18N4O3/c1-11-8-12(2)21-18-17(11)19-22-15(13-6-5-7-14(9-13)26-3)10-16(20(25)27-4)24(19)23-18/h5-10H,1-4H3. The molecule has 0 N–H and O–H groups in total. The molecule has 1 aromatic carbocycles. The fourth-order valence-corrected chi connectivity index (χ4v) is 3.20. The Hall–Kier alpha value is -3.48. The molecule has 0 aliphatic heterocycles. The SMILES string of the molecule is COC(=O)c1cc(-c2cccc(OC)c2)nc2c3c(C)cc(C)nc3nn12. The summed E-state index contributed by atoms with van der Waals surface area (Å²) in [6.07, 6.45) is 0. The number of nitrogens with zero attached hydrogens (tertiary/aromatic N) is 4. The van der Waals surface area contributed by atoms with Gasteiger partial charge in [-0.05, 0) is 43.7 Å². The van der Waals surface area contributed by atoms with Crippen molar-refractivity contribution in [2.45, 2.75) is 13.8 Å². The third kappa shape index (κ3) is 2.77. The number of hydrogen-bond donors (Lipinski definition) is 0. The third-order valence-electron chi connectivity index (χ3n) is 4.43. The number of carbonyl (C=O) groups is 1. The Balaban J connectivity index is 2.09. The lowest BCUT2D eigenvalue weighted by Gasteiger charge is -2.08. The van der Waals surface area contributed by atoms with Gasteiger partial charge in [-0.1, -0.05) is 12.1 Å². The number of aryl methyl sites for hydroxylation is 2. The zero-order valence-electron chi connectivity index (χ0n) is 15.5. The molecule has 7 heteroatoms. The summed E-state index contributed by atoms with van der Waals surface area (Å²) < 4.78 is 11.8. The van der Waals surface area contributed by atoms with Crippen molar-refractivity contribution in [3.05, 3.63) is 53.3 Å². The number of hydrogen-bond acceptors (Lipinski definition) is 6. The van der Waals surface area contributed by atoms with Crippen molar-refractivity contribution in [3.8, 4) is 17.0 Å². The van der Waals surface area contributed by atoms with E-state index in [9.17, 15) is 4.79 Å². The van der Waals surface area contributed by atoms with Gasteiger partial charge in [-0.25, -0.2) is 19.3 Å². The Morgan fingerprint density at radius 2 is 1.89 bits per heavy atom. The minimum Gasteiger partial charge on any atom is -0.497 e. The van der Waals surface area contributed by atoms with E-state index < -0.39 is 5.97 Å². The molecule has 0 fully saturated rings. The van der Waals surface area contributed by atoms with Crippen LogP contribution in [0.15, 0.2) is 36.4 Å². The average molecular weight is 362 g/mol. The Morgan fingerprint density at radius 1 is 1.07 bits per heavy atom. The van der Waals surface area contributed by atoms with E-state index in [4.69, 9.17) is 14.5 Å².